The number of nitrogens with zero attached hydrogens (tertiary/aromatic N) is 2. The zero-order valence-corrected chi connectivity index (χ0v) is 17.4. The van der Waals surface area contributed by atoms with Crippen LogP contribution in [-0.2, 0) is 10.2 Å². The second-order valence-corrected chi connectivity index (χ2v) is 8.59. The summed E-state index contributed by atoms with van der Waals surface area (Å²) in [5.74, 6) is 0. The highest BCUT2D eigenvalue weighted by Crippen LogP contribution is 2.57. The predicted octanol–water partition coefficient (Wildman–Crippen LogP) is 5.91. The molecule has 0 amide bonds. The van der Waals surface area contributed by atoms with Gasteiger partial charge in [-0.3, -0.25) is 0 Å². The molecule has 2 aliphatic heterocycles. The fourth-order valence-electron chi connectivity index (χ4n) is 4.79. The fraction of sp³-hybridized carbons (Fsp3) is 0.231. The molecule has 2 aliphatic rings. The van der Waals surface area contributed by atoms with Crippen LogP contribution in [0.3, 0.4) is 0 Å². The highest BCUT2D eigenvalue weighted by molar-refractivity contribution is 5.94. The van der Waals surface area contributed by atoms with Gasteiger partial charge in [0.15, 0.2) is 0 Å². The standard InChI is InChI=1S/C26H26N2O/c1-25(2)24-22-8-6-5-7-20(22)11-14-23(24)28-17-18-29-26(25,28)16-15-19-9-12-21(13-10-19)27(3)4/h5-18H,1-4H3/b16-15+. The van der Waals surface area contributed by atoms with E-state index in [9.17, 15) is 0 Å². The molecule has 0 bridgehead atoms. The molecule has 3 heteroatoms. The Bertz CT molecular complexity index is 1140. The number of fused-ring (bicyclic) bond motifs is 5. The van der Waals surface area contributed by atoms with Crippen molar-refractivity contribution < 1.29 is 4.74 Å². The maximum absolute atomic E-state index is 6.35. The Morgan fingerprint density at radius 2 is 1.69 bits per heavy atom. The minimum atomic E-state index is -0.570. The zero-order chi connectivity index (χ0) is 20.2. The van der Waals surface area contributed by atoms with E-state index in [1.165, 1.54) is 27.7 Å². The summed E-state index contributed by atoms with van der Waals surface area (Å²) in [5, 5.41) is 2.56. The Morgan fingerprint density at radius 3 is 2.45 bits per heavy atom. The molecule has 2 heterocycles. The third-order valence-corrected chi connectivity index (χ3v) is 6.41. The second kappa shape index (κ2) is 6.15. The lowest BCUT2D eigenvalue weighted by Gasteiger charge is -2.39. The average molecular weight is 383 g/mol. The van der Waals surface area contributed by atoms with Crippen LogP contribution >= 0.6 is 0 Å². The molecule has 146 valence electrons. The minimum absolute atomic E-state index is 0.229. The highest BCUT2D eigenvalue weighted by atomic mass is 16.5. The van der Waals surface area contributed by atoms with Crippen molar-refractivity contribution in [2.45, 2.75) is 25.0 Å². The fourth-order valence-corrected chi connectivity index (χ4v) is 4.79. The molecule has 5 rings (SSSR count). The lowest BCUT2D eigenvalue weighted by molar-refractivity contribution is 0.0391. The van der Waals surface area contributed by atoms with E-state index in [-0.39, 0.29) is 5.41 Å². The third kappa shape index (κ3) is 2.43. The Balaban J connectivity index is 1.61. The second-order valence-electron chi connectivity index (χ2n) is 8.59. The van der Waals surface area contributed by atoms with Crippen LogP contribution in [0.15, 0.2) is 79.2 Å². The van der Waals surface area contributed by atoms with Gasteiger partial charge in [-0.2, -0.15) is 0 Å². The van der Waals surface area contributed by atoms with Gasteiger partial charge in [0.2, 0.25) is 5.72 Å². The normalized spacial score (nSPS) is 21.4. The summed E-state index contributed by atoms with van der Waals surface area (Å²) in [6.07, 6.45) is 8.27. The molecule has 0 aliphatic carbocycles. The van der Waals surface area contributed by atoms with Crippen LogP contribution in [0.4, 0.5) is 11.4 Å². The SMILES string of the molecule is CN(C)c1ccc(/C=C/C23OC=CN2c2ccc4ccccc4c2C3(C)C)cc1. The van der Waals surface area contributed by atoms with Crippen LogP contribution in [0.5, 0.6) is 0 Å². The van der Waals surface area contributed by atoms with Crippen LogP contribution < -0.4 is 9.80 Å². The summed E-state index contributed by atoms with van der Waals surface area (Å²) >= 11 is 0. The van der Waals surface area contributed by atoms with E-state index in [0.717, 1.165) is 5.56 Å². The Morgan fingerprint density at radius 1 is 0.931 bits per heavy atom. The molecule has 3 aromatic rings. The molecule has 0 spiro atoms. The average Bonchev–Trinajstić information content (AvgIpc) is 3.23. The molecule has 0 saturated heterocycles. The molecule has 3 aromatic carbocycles. The maximum atomic E-state index is 6.35. The van der Waals surface area contributed by atoms with Gasteiger partial charge in [-0.1, -0.05) is 48.5 Å². The molecule has 0 N–H and O–H groups in total. The Kier molecular flexibility index (Phi) is 3.79. The van der Waals surface area contributed by atoms with Crippen molar-refractivity contribution in [2.75, 3.05) is 23.9 Å². The monoisotopic (exact) mass is 382 g/mol. The molecule has 0 aromatic heterocycles. The van der Waals surface area contributed by atoms with Crippen LogP contribution in [0.25, 0.3) is 16.8 Å². The first-order valence-electron chi connectivity index (χ1n) is 10.1. The molecule has 1 atom stereocenters. The molecule has 29 heavy (non-hydrogen) atoms. The minimum Gasteiger partial charge on any atom is -0.469 e. The zero-order valence-electron chi connectivity index (χ0n) is 17.4. The van der Waals surface area contributed by atoms with Crippen molar-refractivity contribution in [2.24, 2.45) is 0 Å². The molecule has 0 fully saturated rings. The van der Waals surface area contributed by atoms with E-state index >= 15 is 0 Å². The van der Waals surface area contributed by atoms with Crippen molar-refractivity contribution in [1.29, 1.82) is 0 Å². The van der Waals surface area contributed by atoms with E-state index in [4.69, 9.17) is 4.74 Å². The molecular formula is C26H26N2O. The van der Waals surface area contributed by atoms with Gasteiger partial charge in [0.1, 0.15) is 6.26 Å². The van der Waals surface area contributed by atoms with Crippen LogP contribution in [-0.4, -0.2) is 19.8 Å². The summed E-state index contributed by atoms with van der Waals surface area (Å²) < 4.78 is 6.35. The Hall–Kier alpha value is -3.20. The van der Waals surface area contributed by atoms with Crippen molar-refractivity contribution >= 4 is 28.2 Å². The predicted molar refractivity (Wildman–Crippen MR) is 122 cm³/mol. The van der Waals surface area contributed by atoms with Crippen LogP contribution in [0, 0.1) is 0 Å². The number of anilines is 2. The maximum Gasteiger partial charge on any atom is 0.215 e. The van der Waals surface area contributed by atoms with E-state index in [0.29, 0.717) is 0 Å². The van der Waals surface area contributed by atoms with E-state index in [1.807, 2.05) is 6.26 Å². The number of benzene rings is 3. The van der Waals surface area contributed by atoms with Gasteiger partial charge < -0.3 is 14.5 Å². The van der Waals surface area contributed by atoms with Gasteiger partial charge in [-0.05, 0) is 60.0 Å². The van der Waals surface area contributed by atoms with Gasteiger partial charge in [0.05, 0.1) is 5.41 Å². The smallest absolute Gasteiger partial charge is 0.215 e. The molecular weight excluding hydrogens is 356 g/mol. The lowest BCUT2D eigenvalue weighted by Crippen LogP contribution is -2.51. The molecule has 0 radical (unpaired) electrons. The molecule has 3 nitrogen and oxygen atoms in total. The summed E-state index contributed by atoms with van der Waals surface area (Å²) in [4.78, 5) is 4.39. The highest BCUT2D eigenvalue weighted by Gasteiger charge is 2.59. The summed E-state index contributed by atoms with van der Waals surface area (Å²) in [6, 6.07) is 21.6. The van der Waals surface area contributed by atoms with Crippen LogP contribution in [0.2, 0.25) is 0 Å². The first kappa shape index (κ1) is 17.9. The van der Waals surface area contributed by atoms with E-state index in [1.54, 1.807) is 0 Å². The van der Waals surface area contributed by atoms with Gasteiger partial charge in [-0.25, -0.2) is 0 Å². The number of ether oxygens (including phenoxy) is 1. The van der Waals surface area contributed by atoms with Crippen LogP contribution in [0.1, 0.15) is 25.0 Å². The number of hydrogen-bond donors (Lipinski definition) is 0. The first-order chi connectivity index (χ1) is 13.9. The van der Waals surface area contributed by atoms with Crippen molar-refractivity contribution in [3.8, 4) is 0 Å². The summed E-state index contributed by atoms with van der Waals surface area (Å²) in [7, 11) is 4.12. The van der Waals surface area contributed by atoms with Gasteiger partial charge >= 0.3 is 0 Å². The third-order valence-electron chi connectivity index (χ3n) is 6.41. The van der Waals surface area contributed by atoms with E-state index in [2.05, 4.69) is 117 Å². The first-order valence-corrected chi connectivity index (χ1v) is 10.1. The number of hydrogen-bond acceptors (Lipinski definition) is 3. The van der Waals surface area contributed by atoms with Gasteiger partial charge in [0, 0.05) is 31.7 Å². The Labute approximate surface area is 172 Å². The lowest BCUT2D eigenvalue weighted by atomic mass is 9.75. The van der Waals surface area contributed by atoms with Gasteiger partial charge in [-0.15, -0.1) is 0 Å². The van der Waals surface area contributed by atoms with E-state index < -0.39 is 5.72 Å². The summed E-state index contributed by atoms with van der Waals surface area (Å²) in [5.41, 5.74) is 4.12. The van der Waals surface area contributed by atoms with Crippen molar-refractivity contribution in [3.63, 3.8) is 0 Å². The van der Waals surface area contributed by atoms with Crippen molar-refractivity contribution in [1.82, 2.24) is 0 Å². The van der Waals surface area contributed by atoms with Gasteiger partial charge in [0.25, 0.3) is 0 Å². The molecule has 1 unspecified atom stereocenters. The quantitative estimate of drug-likeness (QED) is 0.560. The summed E-state index contributed by atoms with van der Waals surface area (Å²) in [6.45, 7) is 4.56. The largest absolute Gasteiger partial charge is 0.469 e. The topological polar surface area (TPSA) is 15.7 Å². The molecule has 0 saturated carbocycles. The number of rotatable bonds is 3. The van der Waals surface area contributed by atoms with Crippen molar-refractivity contribution in [3.05, 3.63) is 90.3 Å².